The third-order valence-electron chi connectivity index (χ3n) is 3.87. The number of H-pyrrole nitrogens is 1. The first-order chi connectivity index (χ1) is 11.6. The summed E-state index contributed by atoms with van der Waals surface area (Å²) in [6.45, 7) is 0. The van der Waals surface area contributed by atoms with Crippen LogP contribution >= 0.6 is 11.6 Å². The normalized spacial score (nSPS) is 12.0. The molecule has 122 valence electrons. The molecule has 0 unspecified atom stereocenters. The van der Waals surface area contributed by atoms with Gasteiger partial charge < -0.3 is 16.0 Å². The van der Waals surface area contributed by atoms with Crippen molar-refractivity contribution in [1.82, 2.24) is 10.3 Å². The molecule has 0 radical (unpaired) electrons. The molecule has 0 spiro atoms. The van der Waals surface area contributed by atoms with Gasteiger partial charge >= 0.3 is 0 Å². The lowest BCUT2D eigenvalue weighted by molar-refractivity contribution is -0.119. The molecule has 1 heterocycles. The van der Waals surface area contributed by atoms with Crippen LogP contribution in [0.3, 0.4) is 0 Å². The van der Waals surface area contributed by atoms with Gasteiger partial charge in [-0.3, -0.25) is 9.59 Å². The molecule has 3 aromatic rings. The van der Waals surface area contributed by atoms with Gasteiger partial charge in [-0.15, -0.1) is 0 Å². The number of amides is 2. The number of nitrogens with two attached hydrogens (primary N) is 1. The number of primary amides is 1. The van der Waals surface area contributed by atoms with Gasteiger partial charge in [-0.25, -0.2) is 0 Å². The number of nitrogens with one attached hydrogen (secondary N) is 2. The monoisotopic (exact) mass is 341 g/mol. The maximum absolute atomic E-state index is 12.4. The minimum absolute atomic E-state index is 0.301. The second-order valence-electron chi connectivity index (χ2n) is 5.47. The van der Waals surface area contributed by atoms with Crippen molar-refractivity contribution in [3.63, 3.8) is 0 Å². The summed E-state index contributed by atoms with van der Waals surface area (Å²) in [5, 5.41) is 3.99. The van der Waals surface area contributed by atoms with Crippen LogP contribution in [0.2, 0.25) is 5.02 Å². The second-order valence-corrected chi connectivity index (χ2v) is 5.88. The fourth-order valence-electron chi connectivity index (χ4n) is 2.62. The van der Waals surface area contributed by atoms with E-state index in [0.29, 0.717) is 17.0 Å². The van der Waals surface area contributed by atoms with Gasteiger partial charge in [0, 0.05) is 23.5 Å². The van der Waals surface area contributed by atoms with Crippen molar-refractivity contribution >= 4 is 34.3 Å². The van der Waals surface area contributed by atoms with E-state index < -0.39 is 17.9 Å². The molecule has 1 atom stereocenters. The average Bonchev–Trinajstić information content (AvgIpc) is 2.97. The quantitative estimate of drug-likeness (QED) is 0.666. The van der Waals surface area contributed by atoms with Gasteiger partial charge in [0.25, 0.3) is 5.91 Å². The number of carbonyl (C=O) groups excluding carboxylic acids is 2. The predicted octanol–water partition coefficient (Wildman–Crippen LogP) is 2.65. The lowest BCUT2D eigenvalue weighted by Crippen LogP contribution is -2.45. The van der Waals surface area contributed by atoms with Crippen LogP contribution in [0, 0.1) is 0 Å². The van der Waals surface area contributed by atoms with Crippen molar-refractivity contribution < 1.29 is 9.59 Å². The third-order valence-corrected chi connectivity index (χ3v) is 4.20. The van der Waals surface area contributed by atoms with Crippen molar-refractivity contribution in [3.05, 3.63) is 70.9 Å². The number of aromatic amines is 1. The van der Waals surface area contributed by atoms with Crippen molar-refractivity contribution in [3.8, 4) is 0 Å². The first-order valence-corrected chi connectivity index (χ1v) is 7.84. The fraction of sp³-hybridized carbons (Fsp3) is 0.111. The summed E-state index contributed by atoms with van der Waals surface area (Å²) in [7, 11) is 0. The molecule has 4 N–H and O–H groups in total. The smallest absolute Gasteiger partial charge is 0.253 e. The fourth-order valence-corrected chi connectivity index (χ4v) is 2.85. The van der Waals surface area contributed by atoms with Crippen LogP contribution in [0.1, 0.15) is 15.9 Å². The zero-order chi connectivity index (χ0) is 17.1. The second kappa shape index (κ2) is 6.76. The van der Waals surface area contributed by atoms with Crippen LogP contribution in [-0.2, 0) is 11.2 Å². The van der Waals surface area contributed by atoms with Crippen LogP contribution in [0.4, 0.5) is 0 Å². The van der Waals surface area contributed by atoms with Crippen LogP contribution < -0.4 is 11.1 Å². The summed E-state index contributed by atoms with van der Waals surface area (Å²) in [5.41, 5.74) is 7.65. The molecule has 0 fully saturated rings. The Labute approximate surface area is 143 Å². The molecule has 5 nitrogen and oxygen atoms in total. The Morgan fingerprint density at radius 3 is 2.58 bits per heavy atom. The summed E-state index contributed by atoms with van der Waals surface area (Å²) in [6, 6.07) is 13.6. The lowest BCUT2D eigenvalue weighted by Gasteiger charge is -2.15. The topological polar surface area (TPSA) is 88.0 Å². The zero-order valence-electron chi connectivity index (χ0n) is 12.8. The number of aromatic nitrogens is 1. The Kier molecular flexibility index (Phi) is 4.53. The van der Waals surface area contributed by atoms with E-state index in [2.05, 4.69) is 10.3 Å². The molecule has 2 amide bonds. The largest absolute Gasteiger partial charge is 0.368 e. The number of carbonyl (C=O) groups is 2. The van der Waals surface area contributed by atoms with E-state index in [1.54, 1.807) is 24.3 Å². The van der Waals surface area contributed by atoms with Crippen molar-refractivity contribution in [2.24, 2.45) is 5.73 Å². The number of fused-ring (bicyclic) bond motifs is 1. The molecule has 6 heteroatoms. The maximum atomic E-state index is 12.4. The predicted molar refractivity (Wildman–Crippen MR) is 93.9 cm³/mol. The van der Waals surface area contributed by atoms with Crippen LogP contribution in [0.15, 0.2) is 54.7 Å². The Balaban J connectivity index is 1.82. The number of hydrogen-bond donors (Lipinski definition) is 3. The van der Waals surface area contributed by atoms with E-state index >= 15 is 0 Å². The molecule has 0 saturated carbocycles. The third kappa shape index (κ3) is 3.26. The van der Waals surface area contributed by atoms with E-state index in [9.17, 15) is 9.59 Å². The van der Waals surface area contributed by atoms with Crippen molar-refractivity contribution in [2.75, 3.05) is 0 Å². The Morgan fingerprint density at radius 1 is 1.12 bits per heavy atom. The first kappa shape index (κ1) is 16.1. The molecule has 0 saturated heterocycles. The Morgan fingerprint density at radius 2 is 1.83 bits per heavy atom. The zero-order valence-corrected chi connectivity index (χ0v) is 13.5. The summed E-state index contributed by atoms with van der Waals surface area (Å²) in [6.07, 6.45) is 2.12. The van der Waals surface area contributed by atoms with E-state index in [0.717, 1.165) is 16.5 Å². The molecule has 2 aromatic carbocycles. The number of halogens is 1. The Hall–Kier alpha value is -2.79. The molecular formula is C18H16ClN3O2. The van der Waals surface area contributed by atoms with Gasteiger partial charge in [-0.2, -0.15) is 0 Å². The number of hydrogen-bond acceptors (Lipinski definition) is 2. The molecule has 24 heavy (non-hydrogen) atoms. The Bertz CT molecular complexity index is 904. The highest BCUT2D eigenvalue weighted by Gasteiger charge is 2.21. The van der Waals surface area contributed by atoms with Gasteiger partial charge in [-0.1, -0.05) is 41.9 Å². The summed E-state index contributed by atoms with van der Waals surface area (Å²) in [5.74, 6) is -1.02. The van der Waals surface area contributed by atoms with E-state index in [1.165, 1.54) is 0 Å². The number of para-hydroxylation sites is 1. The van der Waals surface area contributed by atoms with Crippen LogP contribution in [0.5, 0.6) is 0 Å². The minimum atomic E-state index is -0.826. The molecule has 3 rings (SSSR count). The average molecular weight is 342 g/mol. The van der Waals surface area contributed by atoms with E-state index in [4.69, 9.17) is 17.3 Å². The SMILES string of the molecule is NC(=O)[C@@H](Cc1c[nH]c2ccccc12)NC(=O)c1ccccc1Cl. The first-order valence-electron chi connectivity index (χ1n) is 7.46. The summed E-state index contributed by atoms with van der Waals surface area (Å²) in [4.78, 5) is 27.3. The van der Waals surface area contributed by atoms with Crippen LogP contribution in [-0.4, -0.2) is 22.8 Å². The van der Waals surface area contributed by atoms with Gasteiger partial charge in [0.15, 0.2) is 0 Å². The van der Waals surface area contributed by atoms with E-state index in [-0.39, 0.29) is 0 Å². The van der Waals surface area contributed by atoms with E-state index in [1.807, 2.05) is 30.5 Å². The highest BCUT2D eigenvalue weighted by atomic mass is 35.5. The van der Waals surface area contributed by atoms with Gasteiger partial charge in [0.2, 0.25) is 5.91 Å². The van der Waals surface area contributed by atoms with Gasteiger partial charge in [0.05, 0.1) is 10.6 Å². The number of rotatable bonds is 5. The number of benzene rings is 2. The molecule has 0 aliphatic rings. The highest BCUT2D eigenvalue weighted by molar-refractivity contribution is 6.33. The van der Waals surface area contributed by atoms with Crippen molar-refractivity contribution in [1.29, 1.82) is 0 Å². The minimum Gasteiger partial charge on any atom is -0.368 e. The van der Waals surface area contributed by atoms with Crippen LogP contribution in [0.25, 0.3) is 10.9 Å². The maximum Gasteiger partial charge on any atom is 0.253 e. The van der Waals surface area contributed by atoms with Gasteiger partial charge in [-0.05, 0) is 23.8 Å². The standard InChI is InChI=1S/C18H16ClN3O2/c19-14-7-3-1-6-13(14)18(24)22-16(17(20)23)9-11-10-21-15-8-4-2-5-12(11)15/h1-8,10,16,21H,9H2,(H2,20,23)(H,22,24)/t16-/m1/s1. The molecule has 0 aliphatic heterocycles. The van der Waals surface area contributed by atoms with Crippen molar-refractivity contribution in [2.45, 2.75) is 12.5 Å². The lowest BCUT2D eigenvalue weighted by atomic mass is 10.0. The van der Waals surface area contributed by atoms with Gasteiger partial charge in [0.1, 0.15) is 6.04 Å². The summed E-state index contributed by atoms with van der Waals surface area (Å²) < 4.78 is 0. The molecule has 0 aliphatic carbocycles. The molecule has 1 aromatic heterocycles. The molecular weight excluding hydrogens is 326 g/mol. The highest BCUT2D eigenvalue weighted by Crippen LogP contribution is 2.20. The summed E-state index contributed by atoms with van der Waals surface area (Å²) >= 11 is 6.02. The molecule has 0 bridgehead atoms.